The molecule has 2 bridgehead atoms. The third-order valence-corrected chi connectivity index (χ3v) is 5.67. The summed E-state index contributed by atoms with van der Waals surface area (Å²) in [6.45, 7) is 4.37. The van der Waals surface area contributed by atoms with Crippen LogP contribution < -0.4 is 15.4 Å². The Balaban J connectivity index is 1.86. The third kappa shape index (κ3) is 4.25. The minimum Gasteiger partial charge on any atom is -0.477 e. The minimum atomic E-state index is -4.53. The van der Waals surface area contributed by atoms with Gasteiger partial charge in [-0.2, -0.15) is 18.2 Å². The van der Waals surface area contributed by atoms with Gasteiger partial charge < -0.3 is 19.3 Å². The van der Waals surface area contributed by atoms with Crippen molar-refractivity contribution in [2.45, 2.75) is 45.1 Å². The van der Waals surface area contributed by atoms with E-state index < -0.39 is 17.8 Å². The van der Waals surface area contributed by atoms with E-state index in [1.165, 1.54) is 10.6 Å². The molecule has 12 heteroatoms. The number of morpholine rings is 1. The number of halogens is 3. The minimum absolute atomic E-state index is 0.00322. The van der Waals surface area contributed by atoms with Crippen LogP contribution in [0.1, 0.15) is 20.3 Å². The van der Waals surface area contributed by atoms with Gasteiger partial charge in [-0.3, -0.25) is 14.8 Å². The molecule has 0 aliphatic carbocycles. The van der Waals surface area contributed by atoms with Crippen LogP contribution in [0.15, 0.2) is 15.9 Å². The molecule has 1 N–H and O–H groups in total. The fourth-order valence-corrected chi connectivity index (χ4v) is 3.94. The highest BCUT2D eigenvalue weighted by Gasteiger charge is 2.47. The van der Waals surface area contributed by atoms with Gasteiger partial charge in [0.1, 0.15) is 24.3 Å². The normalized spacial score (nSPS) is 25.3. The maximum atomic E-state index is 13.9. The van der Waals surface area contributed by atoms with E-state index in [2.05, 4.69) is 9.98 Å². The van der Waals surface area contributed by atoms with Crippen LogP contribution in [0.2, 0.25) is 0 Å². The molecule has 0 unspecified atom stereocenters. The smallest absolute Gasteiger partial charge is 0.408 e. The molecule has 0 spiro atoms. The summed E-state index contributed by atoms with van der Waals surface area (Å²) in [5.41, 5.74) is -0.397. The van der Waals surface area contributed by atoms with E-state index >= 15 is 0 Å². The largest absolute Gasteiger partial charge is 0.477 e. The zero-order chi connectivity index (χ0) is 22.3. The quantitative estimate of drug-likeness (QED) is 0.525. The summed E-state index contributed by atoms with van der Waals surface area (Å²) in [7, 11) is 0. The van der Waals surface area contributed by atoms with Crippen molar-refractivity contribution in [3.8, 4) is 0 Å². The van der Waals surface area contributed by atoms with E-state index in [-0.39, 0.29) is 55.8 Å². The van der Waals surface area contributed by atoms with E-state index in [9.17, 15) is 18.0 Å². The molecule has 31 heavy (non-hydrogen) atoms. The molecule has 0 aromatic carbocycles. The Morgan fingerprint density at radius 2 is 2.06 bits per heavy atom. The van der Waals surface area contributed by atoms with Crippen molar-refractivity contribution in [1.82, 2.24) is 9.55 Å². The van der Waals surface area contributed by atoms with Crippen molar-refractivity contribution in [3.05, 3.63) is 16.4 Å². The highest BCUT2D eigenvalue weighted by Crippen LogP contribution is 2.35. The first-order valence-electron chi connectivity index (χ1n) is 10.2. The van der Waals surface area contributed by atoms with Gasteiger partial charge in [-0.1, -0.05) is 13.8 Å². The highest BCUT2D eigenvalue weighted by molar-refractivity contribution is 5.95. The standard InChI is InChI=1S/C19H25F3N6O3/c1-11(2)17(23)25-15-8-28-13(19(20,21)22)3-4-27-16(29)7-14(24-18(27)28)26-5-6-30-9-12(26)10-31-15/h7,11-13,23H,3-6,8-10H2,1-2H3/b23-17?,25-15-/t12-,13-/m0/s1. The van der Waals surface area contributed by atoms with Crippen LogP contribution in [-0.2, 0) is 16.0 Å². The molecule has 9 nitrogen and oxygen atoms in total. The molecular weight excluding hydrogens is 417 g/mol. The Kier molecular flexibility index (Phi) is 5.67. The molecule has 0 radical (unpaired) electrons. The van der Waals surface area contributed by atoms with Gasteiger partial charge in [0.05, 0.1) is 25.8 Å². The summed E-state index contributed by atoms with van der Waals surface area (Å²) in [4.78, 5) is 24.3. The van der Waals surface area contributed by atoms with Gasteiger partial charge in [0.25, 0.3) is 5.56 Å². The van der Waals surface area contributed by atoms with Gasteiger partial charge in [0.15, 0.2) is 0 Å². The lowest BCUT2D eigenvalue weighted by atomic mass is 10.1. The number of nitrogens with zero attached hydrogens (tertiary/aromatic N) is 5. The predicted molar refractivity (Wildman–Crippen MR) is 108 cm³/mol. The predicted octanol–water partition coefficient (Wildman–Crippen LogP) is 1.65. The molecule has 0 amide bonds. The average molecular weight is 442 g/mol. The number of hydrogen-bond donors (Lipinski definition) is 1. The lowest BCUT2D eigenvalue weighted by Gasteiger charge is -2.42. The molecule has 1 aromatic rings. The number of rotatable bonds is 1. The summed E-state index contributed by atoms with van der Waals surface area (Å²) in [6, 6.07) is -0.758. The second-order valence-electron chi connectivity index (χ2n) is 8.16. The van der Waals surface area contributed by atoms with Crippen molar-refractivity contribution >= 4 is 23.5 Å². The van der Waals surface area contributed by atoms with Gasteiger partial charge in [-0.25, -0.2) is 4.99 Å². The van der Waals surface area contributed by atoms with Crippen LogP contribution in [0.3, 0.4) is 0 Å². The van der Waals surface area contributed by atoms with Crippen molar-refractivity contribution in [1.29, 1.82) is 5.41 Å². The second kappa shape index (κ2) is 8.13. The Hall–Kier alpha value is -2.63. The van der Waals surface area contributed by atoms with E-state index in [1.807, 2.05) is 4.90 Å². The first-order chi connectivity index (χ1) is 14.6. The molecule has 2 atom stereocenters. The zero-order valence-corrected chi connectivity index (χ0v) is 17.4. The molecule has 170 valence electrons. The van der Waals surface area contributed by atoms with Crippen molar-refractivity contribution in [3.63, 3.8) is 0 Å². The number of aromatic nitrogens is 2. The number of hydrogen-bond acceptors (Lipinski definition) is 7. The van der Waals surface area contributed by atoms with E-state index in [1.54, 1.807) is 13.8 Å². The molecule has 3 aliphatic rings. The number of fused-ring (bicyclic) bond motifs is 3. The SMILES string of the molecule is CC(C)C(=N)/N=C1/CN2c3nc(cc(=O)n3CC[C@H]2C(F)(F)F)N2CCOC[C@H]2CO1. The molecule has 3 aliphatic heterocycles. The first kappa shape index (κ1) is 21.6. The lowest BCUT2D eigenvalue weighted by molar-refractivity contribution is -0.152. The van der Waals surface area contributed by atoms with Gasteiger partial charge >= 0.3 is 6.18 Å². The van der Waals surface area contributed by atoms with Crippen molar-refractivity contribution in [2.24, 2.45) is 10.9 Å². The maximum absolute atomic E-state index is 13.9. The summed E-state index contributed by atoms with van der Waals surface area (Å²) in [5, 5.41) is 8.06. The Labute approximate surface area is 177 Å². The number of aliphatic imine (C=N–C) groups is 1. The molecule has 4 heterocycles. The van der Waals surface area contributed by atoms with E-state index in [0.29, 0.717) is 25.6 Å². The van der Waals surface area contributed by atoms with Crippen LogP contribution in [0.25, 0.3) is 0 Å². The van der Waals surface area contributed by atoms with E-state index in [0.717, 1.165) is 4.90 Å². The Morgan fingerprint density at radius 1 is 1.29 bits per heavy atom. The molecule has 0 saturated carbocycles. The second-order valence-corrected chi connectivity index (χ2v) is 8.16. The van der Waals surface area contributed by atoms with E-state index in [4.69, 9.17) is 14.9 Å². The van der Waals surface area contributed by atoms with Crippen molar-refractivity contribution in [2.75, 3.05) is 42.7 Å². The molecule has 1 saturated heterocycles. The molecule has 4 rings (SSSR count). The maximum Gasteiger partial charge on any atom is 0.408 e. The molecular formula is C19H25F3N6O3. The number of alkyl halides is 3. The summed E-state index contributed by atoms with van der Waals surface area (Å²) in [5.74, 6) is 0.0317. The van der Waals surface area contributed by atoms with Crippen LogP contribution >= 0.6 is 0 Å². The van der Waals surface area contributed by atoms with Gasteiger partial charge in [-0.05, 0) is 6.42 Å². The highest BCUT2D eigenvalue weighted by atomic mass is 19.4. The van der Waals surface area contributed by atoms with Gasteiger partial charge in [0, 0.05) is 25.1 Å². The van der Waals surface area contributed by atoms with Crippen molar-refractivity contribution < 1.29 is 22.6 Å². The third-order valence-electron chi connectivity index (χ3n) is 5.67. The number of amidine groups is 1. The number of nitrogens with one attached hydrogen (secondary N) is 1. The van der Waals surface area contributed by atoms with Gasteiger partial charge in [0.2, 0.25) is 11.8 Å². The lowest BCUT2D eigenvalue weighted by Crippen LogP contribution is -2.56. The first-order valence-corrected chi connectivity index (χ1v) is 10.2. The van der Waals surface area contributed by atoms with Crippen LogP contribution in [-0.4, -0.2) is 72.5 Å². The Morgan fingerprint density at radius 3 is 2.77 bits per heavy atom. The Bertz CT molecular complexity index is 945. The summed E-state index contributed by atoms with van der Waals surface area (Å²) >= 11 is 0. The summed E-state index contributed by atoms with van der Waals surface area (Å²) in [6.07, 6.45) is -4.81. The fourth-order valence-electron chi connectivity index (χ4n) is 3.94. The topological polar surface area (TPSA) is 96.0 Å². The number of anilines is 2. The fraction of sp³-hybridized carbons (Fsp3) is 0.684. The van der Waals surface area contributed by atoms with Gasteiger partial charge in [-0.15, -0.1) is 0 Å². The monoisotopic (exact) mass is 442 g/mol. The average Bonchev–Trinajstić information content (AvgIpc) is 2.71. The number of ether oxygens (including phenoxy) is 2. The molecule has 1 aromatic heterocycles. The van der Waals surface area contributed by atoms with Crippen LogP contribution in [0.4, 0.5) is 24.9 Å². The molecule has 1 fully saturated rings. The van der Waals surface area contributed by atoms with Crippen LogP contribution in [0.5, 0.6) is 0 Å². The van der Waals surface area contributed by atoms with Crippen LogP contribution in [0, 0.1) is 11.3 Å². The zero-order valence-electron chi connectivity index (χ0n) is 17.4. The summed E-state index contributed by atoms with van der Waals surface area (Å²) < 4.78 is 54.3.